The molecule has 0 saturated carbocycles. The van der Waals surface area contributed by atoms with Crippen LogP contribution >= 0.6 is 0 Å². The number of esters is 4. The zero-order valence-electron chi connectivity index (χ0n) is 78.9. The maximum Gasteiger partial charge on any atom is 0.512 e. The Kier molecular flexibility index (Phi) is 69.6. The Morgan fingerprint density at radius 3 is 1.25 bits per heavy atom. The average molecular weight is 2260 g/mol. The third-order valence-electron chi connectivity index (χ3n) is 22.6. The number of carbonyl (C=O) groups excluding carboxylic acids is 4. The van der Waals surface area contributed by atoms with E-state index >= 15 is 0 Å². The molecule has 6 atom stereocenters. The Bertz CT molecular complexity index is 5950. The van der Waals surface area contributed by atoms with Crippen LogP contribution in [-0.4, -0.2) is 121 Å². The Labute approximate surface area is 892 Å². The fraction of sp³-hybridized carbons (Fsp3) is 0.491. The van der Waals surface area contributed by atoms with Gasteiger partial charge in [0.15, 0.2) is 24.8 Å². The molecule has 1 fully saturated rings. The van der Waals surface area contributed by atoms with E-state index in [2.05, 4.69) is 192 Å². The Hall–Kier alpha value is -10.2. The van der Waals surface area contributed by atoms with E-state index in [4.69, 9.17) is 19.3 Å². The number of phenols is 1. The highest BCUT2D eigenvalue weighted by Gasteiger charge is 2.83. The largest absolute Gasteiger partial charge is 0.742 e. The number of fused-ring (bicyclic) bond motifs is 2. The molecule has 2 N–H and O–H groups in total. The van der Waals surface area contributed by atoms with Crippen LogP contribution in [0.2, 0.25) is 0 Å². The molecule has 23 nitrogen and oxygen atoms in total. The van der Waals surface area contributed by atoms with Crippen LogP contribution in [0.3, 0.4) is 0 Å². The monoisotopic (exact) mass is 2250 g/mol. The van der Waals surface area contributed by atoms with E-state index in [1.54, 1.807) is 39.8 Å². The molecule has 1 heterocycles. The first-order chi connectivity index (χ1) is 64.1. The minimum Gasteiger partial charge on any atom is -0.742 e. The van der Waals surface area contributed by atoms with E-state index in [1.165, 1.54) is 85.5 Å². The minimum absolute atomic E-state index is 0. The molecule has 40 heteroatoms. The standard InChI is InChI=1S/C18H20F9NO9S3.C18H26O2.C18H15S.C14H16.C11H14F2O6S2.C10H14O.C9H14O4.12CH4/c1-4-14(2,3)13(29)36-10-9-11-5-7-12(8-6-11)37-40(34,35)17(23,24)15(19,20)16(21,22)38(30,31)28-39(32,33)18(25,26)27;1-5-18(3,4)17(19)20-13(2)15-11-10-14-8-6-7-9-16(14)12-15;1-4-10-16(11-5-1)19(17-12-6-2-7-13-17)18-14-8-3-9-15-18;1-3-11(2)13-9-8-12-6-4-5-7-14(12)10-13;1-3-8(2)9-4-6-10(7-5-9)19-21(17,18)11(12,13)20(14,15)16;1-3-8(2)9-4-6-10(11)7-5-9;1-3-6(2)8(10)13-7-4-5-12-9(7)11;;;;;;;;;;;;/h5-8,28H,4,9-10H2,1-3H3;10-13H,5-9H2,1-4H3;1-15H;4-11H,3H2,1-2H3;4-8H,3H2,1-2H3,(H,14,15,16);4-8,11H,3H2,1-2H3;6-7H,3-5H2,1-2H3;12*1H4/q;;+1;;;;;;;;;;;;;;;;/p-1. The van der Waals surface area contributed by atoms with Gasteiger partial charge < -0.3 is 37.0 Å². The third kappa shape index (κ3) is 43.0. The zero-order chi connectivity index (χ0) is 104. The summed E-state index contributed by atoms with van der Waals surface area (Å²) in [6.07, 6.45) is 9.66. The van der Waals surface area contributed by atoms with Crippen molar-refractivity contribution in [2.24, 2.45) is 16.7 Å². The van der Waals surface area contributed by atoms with Gasteiger partial charge in [0.05, 0.1) is 40.9 Å². The lowest BCUT2D eigenvalue weighted by molar-refractivity contribution is -0.245. The number of carbonyl (C=O) groups is 4. The van der Waals surface area contributed by atoms with Crippen molar-refractivity contribution in [2.75, 3.05) is 13.2 Å². The van der Waals surface area contributed by atoms with Crippen molar-refractivity contribution < 1.29 is 147 Å². The van der Waals surface area contributed by atoms with Crippen molar-refractivity contribution in [3.63, 3.8) is 0 Å². The molecule has 9 aromatic rings. The second kappa shape index (κ2) is 67.3. The lowest BCUT2D eigenvalue weighted by atomic mass is 9.89. The number of cyclic esters (lactones) is 1. The van der Waals surface area contributed by atoms with Gasteiger partial charge in [0, 0.05) is 12.8 Å². The summed E-state index contributed by atoms with van der Waals surface area (Å²) in [5.74, 6) is -9.07. The predicted octanol–water partition coefficient (Wildman–Crippen LogP) is 30.7. The van der Waals surface area contributed by atoms with Crippen LogP contribution in [0.4, 0.5) is 48.3 Å². The maximum absolute atomic E-state index is 14.1. The van der Waals surface area contributed by atoms with Crippen molar-refractivity contribution in [1.82, 2.24) is 4.13 Å². The number of hydrogen-bond acceptors (Lipinski definition) is 22. The van der Waals surface area contributed by atoms with Gasteiger partial charge >= 0.3 is 80.7 Å². The average Bonchev–Trinajstić information content (AvgIpc) is 0.743. The number of alkyl halides is 11. The number of benzene rings is 9. The van der Waals surface area contributed by atoms with Crippen molar-refractivity contribution >= 4 is 95.9 Å². The molecule has 856 valence electrons. The lowest BCUT2D eigenvalue weighted by Crippen LogP contribution is -2.64. The molecule has 0 bridgehead atoms. The van der Waals surface area contributed by atoms with Crippen LogP contribution < -0.4 is 12.5 Å². The van der Waals surface area contributed by atoms with Gasteiger partial charge in [-0.25, -0.2) is 30.0 Å². The second-order valence-corrected chi connectivity index (χ2v) is 44.1. The van der Waals surface area contributed by atoms with E-state index in [9.17, 15) is 114 Å². The van der Waals surface area contributed by atoms with Gasteiger partial charge in [0.25, 0.3) is 10.0 Å². The Balaban J connectivity index is -0.000000268. The molecule has 9 aromatic carbocycles. The smallest absolute Gasteiger partial charge is 0.512 e. The first-order valence-electron chi connectivity index (χ1n) is 44.0. The van der Waals surface area contributed by atoms with Gasteiger partial charge in [-0.15, -0.1) is 0 Å². The third-order valence-corrected chi connectivity index (χ3v) is 32.3. The maximum atomic E-state index is 14.1. The number of hydrogen-bond donors (Lipinski definition) is 2. The van der Waals surface area contributed by atoms with E-state index in [0.717, 1.165) is 67.5 Å². The van der Waals surface area contributed by atoms with Gasteiger partial charge in [-0.3, -0.25) is 14.4 Å². The number of sulfonamides is 2. The number of phenolic OH excluding ortho intramolecular Hbond substituents is 1. The quantitative estimate of drug-likeness (QED) is 0.00963. The first-order valence-corrected chi connectivity index (χ1v) is 52.4. The summed E-state index contributed by atoms with van der Waals surface area (Å²) in [5, 5.41) is -2.94. The van der Waals surface area contributed by atoms with Crippen LogP contribution in [0.15, 0.2) is 239 Å². The van der Waals surface area contributed by atoms with Gasteiger partial charge in [-0.2, -0.15) is 65.1 Å². The van der Waals surface area contributed by atoms with Crippen LogP contribution in [0.25, 0.3) is 10.8 Å². The first kappa shape index (κ1) is 155. The van der Waals surface area contributed by atoms with Crippen LogP contribution in [-0.2, 0) is 119 Å². The summed E-state index contributed by atoms with van der Waals surface area (Å²) in [4.78, 5) is 50.3. The highest BCUT2D eigenvalue weighted by molar-refractivity contribution is 8.06. The summed E-state index contributed by atoms with van der Waals surface area (Å²) in [5.41, 5.74) is -0.0471. The van der Waals surface area contributed by atoms with Crippen LogP contribution in [0.1, 0.15) is 314 Å². The van der Waals surface area contributed by atoms with E-state index in [0.29, 0.717) is 49.2 Å². The van der Waals surface area contributed by atoms with Crippen molar-refractivity contribution in [3.8, 4) is 17.2 Å². The van der Waals surface area contributed by atoms with E-state index < -0.39 is 121 Å². The van der Waals surface area contributed by atoms with Crippen LogP contribution in [0, 0.1) is 16.7 Å². The molecule has 0 aromatic heterocycles. The van der Waals surface area contributed by atoms with Crippen molar-refractivity contribution in [1.29, 1.82) is 0 Å². The molecule has 0 spiro atoms. The van der Waals surface area contributed by atoms with Crippen LogP contribution in [0.5, 0.6) is 17.2 Å². The van der Waals surface area contributed by atoms with Gasteiger partial charge in [0.1, 0.15) is 23.4 Å². The summed E-state index contributed by atoms with van der Waals surface area (Å²) in [7, 11) is -34.8. The normalized spacial score (nSPS) is 13.7. The molecule has 1 aliphatic heterocycles. The topological polar surface area (TPSA) is 350 Å². The van der Waals surface area contributed by atoms with Gasteiger partial charge in [0.2, 0.25) is 6.10 Å². The molecule has 1 saturated heterocycles. The Morgan fingerprint density at radius 2 is 0.840 bits per heavy atom. The molecule has 2 aliphatic rings. The highest BCUT2D eigenvalue weighted by atomic mass is 32.3. The fourth-order valence-electron chi connectivity index (χ4n) is 12.0. The predicted molar refractivity (Wildman–Crippen MR) is 584 cm³/mol. The fourth-order valence-corrected chi connectivity index (χ4v) is 19.1. The molecule has 0 radical (unpaired) electrons. The summed E-state index contributed by atoms with van der Waals surface area (Å²) >= 11 is 0. The Morgan fingerprint density at radius 1 is 0.453 bits per heavy atom. The highest BCUT2D eigenvalue weighted by Crippen LogP contribution is 2.52. The zero-order valence-corrected chi connectivity index (χ0v) is 83.8. The number of ether oxygens (including phenoxy) is 4. The van der Waals surface area contributed by atoms with Crippen molar-refractivity contribution in [2.45, 2.75) is 341 Å². The van der Waals surface area contributed by atoms with Gasteiger partial charge in [-0.05, 0) is 239 Å². The molecule has 1 aliphatic carbocycles. The van der Waals surface area contributed by atoms with Crippen molar-refractivity contribution in [3.05, 3.63) is 263 Å². The molecular weight excluding hydrogens is 2090 g/mol. The van der Waals surface area contributed by atoms with E-state index in [-0.39, 0.29) is 148 Å². The molecule has 11 rings (SSSR count). The molecule has 150 heavy (non-hydrogen) atoms. The van der Waals surface area contributed by atoms with Gasteiger partial charge in [-0.1, -0.05) is 314 Å². The number of halogens is 11. The second-order valence-electron chi connectivity index (χ2n) is 33.6. The molecule has 0 amide bonds. The molecular formula is C110H166F11NO22S6. The number of aromatic hydroxyl groups is 1. The SMILES string of the molecule is C.C.C.C.C.C.C.C.C.C.C.C.CCC(C)(C)C(=O)OC(C)c1ccc2c(c1)CCCC2.CCC(C)(C)C(=O)OCCc1ccc(OS(=O)(=O)C(F)(F)C(F)(F)C(F)(F)S(=O)(=O)NS(=O)(=O)C(F)(F)F)cc1.CCC(C)C(=O)OC1CCOC1=O.CCC(C)c1ccc(O)cc1.CCC(C)c1ccc(OS(=O)(=O)C(F)(F)S(=O)(=O)[O-])cc1.CCC(C)c1ccc2ccccc2c1.c1ccc([S+](c2ccccc2)c2ccccc2)cc1. The summed E-state index contributed by atoms with van der Waals surface area (Å²) < 4.78 is 290. The number of aryl methyl sites for hydroxylation is 2. The lowest BCUT2D eigenvalue weighted by Gasteiger charge is -2.31. The number of nitrogens with one attached hydrogen (secondary N) is 1. The summed E-state index contributed by atoms with van der Waals surface area (Å²) in [6, 6.07) is 69.6. The summed E-state index contributed by atoms with van der Waals surface area (Å²) in [6.45, 7) is 29.3. The molecule has 6 unspecified atom stereocenters. The minimum atomic E-state index is -7.88. The van der Waals surface area contributed by atoms with E-state index in [1.807, 2.05) is 60.6 Å². The number of rotatable bonds is 33.